The molecule has 0 atom stereocenters. The number of amides is 1. The zero-order chi connectivity index (χ0) is 10.6. The fourth-order valence-electron chi connectivity index (χ4n) is 1.17. The van der Waals surface area contributed by atoms with Gasteiger partial charge in [0.05, 0.1) is 6.61 Å². The summed E-state index contributed by atoms with van der Waals surface area (Å²) in [6.45, 7) is 5.67. The normalized spacial score (nSPS) is 10.1. The Morgan fingerprint density at radius 3 is 2.36 bits per heavy atom. The van der Waals surface area contributed by atoms with Crippen LogP contribution in [0.1, 0.15) is 52.4 Å². The van der Waals surface area contributed by atoms with Crippen LogP contribution in [0.25, 0.3) is 0 Å². The average Bonchev–Trinajstić information content (AvgIpc) is 2.22. The molecule has 0 aromatic rings. The largest absolute Gasteiger partial charge is 0.276 e. The van der Waals surface area contributed by atoms with Crippen LogP contribution in [0.15, 0.2) is 0 Å². The van der Waals surface area contributed by atoms with Gasteiger partial charge in [0.25, 0.3) is 0 Å². The number of hydrogen-bond acceptors (Lipinski definition) is 2. The van der Waals surface area contributed by atoms with Crippen molar-refractivity contribution < 1.29 is 9.63 Å². The monoisotopic (exact) mass is 201 g/mol. The highest BCUT2D eigenvalue weighted by molar-refractivity contribution is 5.44. The maximum Gasteiger partial charge on any atom is 0.233 e. The van der Waals surface area contributed by atoms with Gasteiger partial charge in [0.2, 0.25) is 6.41 Å². The lowest BCUT2D eigenvalue weighted by Crippen LogP contribution is -2.24. The van der Waals surface area contributed by atoms with E-state index in [4.69, 9.17) is 4.84 Å². The van der Waals surface area contributed by atoms with E-state index in [0.717, 1.165) is 32.2 Å². The summed E-state index contributed by atoms with van der Waals surface area (Å²) in [5.74, 6) is 0. The molecule has 0 aromatic carbocycles. The molecule has 0 aliphatic carbocycles. The highest BCUT2D eigenvalue weighted by Crippen LogP contribution is 2.01. The minimum atomic E-state index is 0.656. The van der Waals surface area contributed by atoms with Gasteiger partial charge >= 0.3 is 0 Å². The van der Waals surface area contributed by atoms with E-state index >= 15 is 0 Å². The Bertz CT molecular complexity index is 128. The fraction of sp³-hybridized carbons (Fsp3) is 0.909. The molecule has 14 heavy (non-hydrogen) atoms. The summed E-state index contributed by atoms with van der Waals surface area (Å²) in [7, 11) is 0. The van der Waals surface area contributed by atoms with Crippen LogP contribution >= 0.6 is 0 Å². The lowest BCUT2D eigenvalue weighted by atomic mass is 10.2. The van der Waals surface area contributed by atoms with Crippen molar-refractivity contribution in [2.75, 3.05) is 13.2 Å². The Labute approximate surface area is 87.4 Å². The molecule has 0 aliphatic rings. The lowest BCUT2D eigenvalue weighted by Gasteiger charge is -2.16. The van der Waals surface area contributed by atoms with Gasteiger partial charge < -0.3 is 0 Å². The molecule has 0 unspecified atom stereocenters. The molecule has 0 N–H and O–H groups in total. The van der Waals surface area contributed by atoms with Crippen LogP contribution in [0.4, 0.5) is 0 Å². The van der Waals surface area contributed by atoms with E-state index in [1.54, 1.807) is 0 Å². The van der Waals surface area contributed by atoms with Gasteiger partial charge in [0.15, 0.2) is 0 Å². The zero-order valence-corrected chi connectivity index (χ0v) is 9.50. The summed E-state index contributed by atoms with van der Waals surface area (Å²) in [5, 5.41) is 1.42. The molecule has 0 bridgehead atoms. The number of carbonyl (C=O) groups is 1. The van der Waals surface area contributed by atoms with Gasteiger partial charge in [-0.2, -0.15) is 0 Å². The van der Waals surface area contributed by atoms with Crippen molar-refractivity contribution >= 4 is 6.41 Å². The zero-order valence-electron chi connectivity index (χ0n) is 9.50. The molecule has 1 amide bonds. The molecule has 0 aromatic heterocycles. The van der Waals surface area contributed by atoms with Gasteiger partial charge in [-0.1, -0.05) is 39.5 Å². The van der Waals surface area contributed by atoms with Crippen LogP contribution in [-0.4, -0.2) is 24.6 Å². The molecule has 3 heteroatoms. The van der Waals surface area contributed by atoms with Crippen molar-refractivity contribution in [1.29, 1.82) is 0 Å². The van der Waals surface area contributed by atoms with Gasteiger partial charge in [-0.15, -0.1) is 0 Å². The molecule has 0 fully saturated rings. The summed E-state index contributed by atoms with van der Waals surface area (Å²) in [4.78, 5) is 15.8. The van der Waals surface area contributed by atoms with E-state index in [9.17, 15) is 4.79 Å². The molecule has 0 radical (unpaired) electrons. The Morgan fingerprint density at radius 2 is 1.79 bits per heavy atom. The topological polar surface area (TPSA) is 29.5 Å². The van der Waals surface area contributed by atoms with Crippen molar-refractivity contribution in [3.8, 4) is 0 Å². The summed E-state index contributed by atoms with van der Waals surface area (Å²) in [6, 6.07) is 0. The minimum absolute atomic E-state index is 0.656. The maximum absolute atomic E-state index is 10.6. The summed E-state index contributed by atoms with van der Waals surface area (Å²) < 4.78 is 0. The van der Waals surface area contributed by atoms with Crippen molar-refractivity contribution in [3.63, 3.8) is 0 Å². The van der Waals surface area contributed by atoms with Crippen molar-refractivity contribution in [2.24, 2.45) is 0 Å². The number of unbranched alkanes of at least 4 members (excludes halogenated alkanes) is 4. The van der Waals surface area contributed by atoms with E-state index in [-0.39, 0.29) is 0 Å². The van der Waals surface area contributed by atoms with Crippen LogP contribution in [0.5, 0.6) is 0 Å². The minimum Gasteiger partial charge on any atom is -0.276 e. The van der Waals surface area contributed by atoms with E-state index in [1.165, 1.54) is 24.3 Å². The third-order valence-corrected chi connectivity index (χ3v) is 2.10. The second kappa shape index (κ2) is 10.5. The Balaban J connectivity index is 3.33. The van der Waals surface area contributed by atoms with Crippen LogP contribution in [-0.2, 0) is 9.63 Å². The second-order valence-corrected chi connectivity index (χ2v) is 3.49. The third-order valence-electron chi connectivity index (χ3n) is 2.10. The van der Waals surface area contributed by atoms with Gasteiger partial charge in [0.1, 0.15) is 0 Å². The number of rotatable bonds is 10. The number of hydrogen-bond donors (Lipinski definition) is 0. The van der Waals surface area contributed by atoms with Crippen molar-refractivity contribution in [3.05, 3.63) is 0 Å². The molecule has 0 aliphatic heterocycles. The van der Waals surface area contributed by atoms with Crippen molar-refractivity contribution in [2.45, 2.75) is 52.4 Å². The first-order chi connectivity index (χ1) is 6.85. The molecule has 0 heterocycles. The summed E-state index contributed by atoms with van der Waals surface area (Å²) >= 11 is 0. The van der Waals surface area contributed by atoms with Gasteiger partial charge in [0, 0.05) is 6.54 Å². The van der Waals surface area contributed by atoms with Crippen LogP contribution in [0.3, 0.4) is 0 Å². The molecular formula is C11H23NO2. The van der Waals surface area contributed by atoms with Crippen LogP contribution in [0, 0.1) is 0 Å². The molecule has 0 saturated heterocycles. The van der Waals surface area contributed by atoms with Crippen molar-refractivity contribution in [1.82, 2.24) is 5.06 Å². The molecule has 84 valence electrons. The number of carbonyl (C=O) groups excluding carboxylic acids is 1. The van der Waals surface area contributed by atoms with Gasteiger partial charge in [-0.05, 0) is 12.8 Å². The highest BCUT2D eigenvalue weighted by atomic mass is 16.7. The number of hydroxylamine groups is 2. The van der Waals surface area contributed by atoms with Crippen LogP contribution in [0.2, 0.25) is 0 Å². The number of nitrogens with zero attached hydrogens (tertiary/aromatic N) is 1. The van der Waals surface area contributed by atoms with Gasteiger partial charge in [-0.3, -0.25) is 9.63 Å². The highest BCUT2D eigenvalue weighted by Gasteiger charge is 2.00. The fourth-order valence-corrected chi connectivity index (χ4v) is 1.17. The summed E-state index contributed by atoms with van der Waals surface area (Å²) in [5.41, 5.74) is 0. The molecule has 0 saturated carbocycles. The quantitative estimate of drug-likeness (QED) is 0.309. The Morgan fingerprint density at radius 1 is 1.07 bits per heavy atom. The van der Waals surface area contributed by atoms with Crippen LogP contribution < -0.4 is 0 Å². The predicted octanol–water partition coefficient (Wildman–Crippen LogP) is 2.76. The first kappa shape index (κ1) is 13.4. The third kappa shape index (κ3) is 8.05. The second-order valence-electron chi connectivity index (χ2n) is 3.49. The standard InChI is InChI=1S/C11H23NO2/c1-3-5-7-8-9-12(11-13)14-10-6-4-2/h11H,3-10H2,1-2H3. The van der Waals surface area contributed by atoms with E-state index < -0.39 is 0 Å². The van der Waals surface area contributed by atoms with E-state index in [2.05, 4.69) is 13.8 Å². The lowest BCUT2D eigenvalue weighted by molar-refractivity contribution is -0.172. The first-order valence-corrected chi connectivity index (χ1v) is 5.70. The van der Waals surface area contributed by atoms with E-state index in [1.807, 2.05) is 0 Å². The first-order valence-electron chi connectivity index (χ1n) is 5.70. The Hall–Kier alpha value is -0.570. The van der Waals surface area contributed by atoms with E-state index in [0.29, 0.717) is 6.61 Å². The predicted molar refractivity (Wildman–Crippen MR) is 57.8 cm³/mol. The smallest absolute Gasteiger partial charge is 0.233 e. The average molecular weight is 201 g/mol. The Kier molecular flexibility index (Phi) is 10.1. The SMILES string of the molecule is CCCCCCN(C=O)OCCCC. The molecule has 3 nitrogen and oxygen atoms in total. The molecular weight excluding hydrogens is 178 g/mol. The van der Waals surface area contributed by atoms with Gasteiger partial charge in [-0.25, -0.2) is 5.06 Å². The summed E-state index contributed by atoms with van der Waals surface area (Å²) in [6.07, 6.45) is 7.57. The molecule has 0 rings (SSSR count). The molecule has 0 spiro atoms. The maximum atomic E-state index is 10.6.